The Hall–Kier alpha value is -1.50. The van der Waals surface area contributed by atoms with Crippen molar-refractivity contribution in [1.29, 1.82) is 0 Å². The Morgan fingerprint density at radius 3 is 2.86 bits per heavy atom. The topological polar surface area (TPSA) is 92.2 Å². The van der Waals surface area contributed by atoms with E-state index in [1.807, 2.05) is 0 Å². The van der Waals surface area contributed by atoms with Crippen LogP contribution in [0, 0.1) is 0 Å². The highest BCUT2D eigenvalue weighted by Gasteiger charge is 2.19. The number of carbonyl (C=O) groups excluding carboxylic acids is 1. The van der Waals surface area contributed by atoms with Crippen LogP contribution in [0.2, 0.25) is 0 Å². The molecule has 76 valence electrons. The Kier molecular flexibility index (Phi) is 3.52. The van der Waals surface area contributed by atoms with Crippen molar-refractivity contribution in [3.63, 3.8) is 0 Å². The van der Waals surface area contributed by atoms with Gasteiger partial charge in [0.05, 0.1) is 0 Å². The Bertz CT molecular complexity index is 325. The zero-order valence-electron chi connectivity index (χ0n) is 7.43. The quantitative estimate of drug-likeness (QED) is 0.744. The SMILES string of the molecule is CC[C@H](NC(=O)c1csnn1)C(=O)O. The molecule has 0 aliphatic carbocycles. The van der Waals surface area contributed by atoms with Crippen LogP contribution in [0.15, 0.2) is 5.38 Å². The zero-order valence-corrected chi connectivity index (χ0v) is 8.24. The maximum absolute atomic E-state index is 11.3. The molecule has 1 heterocycles. The number of hydrogen-bond acceptors (Lipinski definition) is 5. The Morgan fingerprint density at radius 2 is 2.43 bits per heavy atom. The van der Waals surface area contributed by atoms with E-state index in [-0.39, 0.29) is 5.69 Å². The first-order valence-corrected chi connectivity index (χ1v) is 4.79. The first kappa shape index (κ1) is 10.6. The van der Waals surface area contributed by atoms with Gasteiger partial charge in [-0.3, -0.25) is 4.79 Å². The van der Waals surface area contributed by atoms with Gasteiger partial charge in [-0.05, 0) is 18.0 Å². The van der Waals surface area contributed by atoms with Gasteiger partial charge in [0.2, 0.25) is 0 Å². The molecule has 0 bridgehead atoms. The number of aliphatic carboxylic acids is 1. The van der Waals surface area contributed by atoms with Gasteiger partial charge in [-0.1, -0.05) is 11.4 Å². The fourth-order valence-electron chi connectivity index (χ4n) is 0.834. The average molecular weight is 215 g/mol. The molecule has 14 heavy (non-hydrogen) atoms. The fraction of sp³-hybridized carbons (Fsp3) is 0.429. The molecule has 0 unspecified atom stereocenters. The van der Waals surface area contributed by atoms with Gasteiger partial charge in [-0.2, -0.15) is 0 Å². The third kappa shape index (κ3) is 2.49. The second kappa shape index (κ2) is 4.66. The summed E-state index contributed by atoms with van der Waals surface area (Å²) in [4.78, 5) is 21.9. The first-order chi connectivity index (χ1) is 6.65. The predicted octanol–water partition coefficient (Wildman–Crippen LogP) is 0.131. The number of carboxylic acid groups (broad SMARTS) is 1. The largest absolute Gasteiger partial charge is 0.480 e. The highest BCUT2D eigenvalue weighted by molar-refractivity contribution is 7.03. The van der Waals surface area contributed by atoms with E-state index < -0.39 is 17.9 Å². The van der Waals surface area contributed by atoms with E-state index in [2.05, 4.69) is 14.9 Å². The van der Waals surface area contributed by atoms with Crippen molar-refractivity contribution in [2.24, 2.45) is 0 Å². The number of nitrogens with one attached hydrogen (secondary N) is 1. The number of carboxylic acids is 1. The molecule has 0 fully saturated rings. The molecule has 1 aromatic rings. The summed E-state index contributed by atoms with van der Waals surface area (Å²) in [5.41, 5.74) is 0.148. The monoisotopic (exact) mass is 215 g/mol. The summed E-state index contributed by atoms with van der Waals surface area (Å²) >= 11 is 1.04. The van der Waals surface area contributed by atoms with Crippen LogP contribution < -0.4 is 5.32 Å². The van der Waals surface area contributed by atoms with E-state index >= 15 is 0 Å². The molecule has 0 saturated heterocycles. The number of hydrogen-bond donors (Lipinski definition) is 2. The standard InChI is InChI=1S/C7H9N3O3S/c1-2-4(7(12)13)8-6(11)5-3-14-10-9-5/h3-4H,2H2,1H3,(H,8,11)(H,12,13)/t4-/m0/s1. The van der Waals surface area contributed by atoms with Crippen molar-refractivity contribution in [3.05, 3.63) is 11.1 Å². The van der Waals surface area contributed by atoms with Crippen LogP contribution in [-0.2, 0) is 4.79 Å². The highest BCUT2D eigenvalue weighted by atomic mass is 32.1. The lowest BCUT2D eigenvalue weighted by Gasteiger charge is -2.10. The molecular weight excluding hydrogens is 206 g/mol. The van der Waals surface area contributed by atoms with Gasteiger partial charge in [0.15, 0.2) is 5.69 Å². The van der Waals surface area contributed by atoms with Crippen LogP contribution >= 0.6 is 11.5 Å². The smallest absolute Gasteiger partial charge is 0.326 e. The lowest BCUT2D eigenvalue weighted by atomic mass is 10.2. The van der Waals surface area contributed by atoms with Crippen LogP contribution in [0.25, 0.3) is 0 Å². The molecule has 0 aliphatic heterocycles. The molecule has 1 atom stereocenters. The van der Waals surface area contributed by atoms with Gasteiger partial charge in [0.25, 0.3) is 5.91 Å². The minimum absolute atomic E-state index is 0.148. The van der Waals surface area contributed by atoms with E-state index in [0.29, 0.717) is 6.42 Å². The van der Waals surface area contributed by atoms with Crippen molar-refractivity contribution in [2.45, 2.75) is 19.4 Å². The zero-order chi connectivity index (χ0) is 10.6. The summed E-state index contributed by atoms with van der Waals surface area (Å²) in [7, 11) is 0. The summed E-state index contributed by atoms with van der Waals surface area (Å²) in [6.07, 6.45) is 0.332. The van der Waals surface area contributed by atoms with Crippen molar-refractivity contribution in [3.8, 4) is 0 Å². The van der Waals surface area contributed by atoms with Crippen molar-refractivity contribution < 1.29 is 14.7 Å². The molecule has 7 heteroatoms. The second-order valence-corrected chi connectivity index (χ2v) is 3.17. The Balaban J connectivity index is 2.60. The molecule has 0 radical (unpaired) electrons. The van der Waals surface area contributed by atoms with Crippen molar-refractivity contribution in [1.82, 2.24) is 14.9 Å². The highest BCUT2D eigenvalue weighted by Crippen LogP contribution is 1.99. The van der Waals surface area contributed by atoms with Crippen LogP contribution in [0.5, 0.6) is 0 Å². The van der Waals surface area contributed by atoms with E-state index in [1.54, 1.807) is 6.92 Å². The van der Waals surface area contributed by atoms with Crippen molar-refractivity contribution in [2.75, 3.05) is 0 Å². The third-order valence-corrected chi connectivity index (χ3v) is 2.11. The summed E-state index contributed by atoms with van der Waals surface area (Å²) in [6.45, 7) is 1.68. The van der Waals surface area contributed by atoms with Gasteiger partial charge in [0, 0.05) is 5.38 Å². The summed E-state index contributed by atoms with van der Waals surface area (Å²) in [5, 5.41) is 16.0. The average Bonchev–Trinajstić information content (AvgIpc) is 2.65. The first-order valence-electron chi connectivity index (χ1n) is 3.96. The van der Waals surface area contributed by atoms with Crippen molar-refractivity contribution >= 4 is 23.4 Å². The number of nitrogens with zero attached hydrogens (tertiary/aromatic N) is 2. The lowest BCUT2D eigenvalue weighted by molar-refractivity contribution is -0.139. The van der Waals surface area contributed by atoms with Crippen LogP contribution in [0.3, 0.4) is 0 Å². The van der Waals surface area contributed by atoms with E-state index in [9.17, 15) is 9.59 Å². The van der Waals surface area contributed by atoms with E-state index in [1.165, 1.54) is 5.38 Å². The van der Waals surface area contributed by atoms with Gasteiger partial charge in [-0.25, -0.2) is 4.79 Å². The molecular formula is C7H9N3O3S. The Labute approximate surface area is 84.1 Å². The Morgan fingerprint density at radius 1 is 1.71 bits per heavy atom. The maximum Gasteiger partial charge on any atom is 0.326 e. The van der Waals surface area contributed by atoms with Gasteiger partial charge in [0.1, 0.15) is 6.04 Å². The molecule has 1 rings (SSSR count). The molecule has 1 amide bonds. The number of carbonyl (C=O) groups is 2. The molecule has 0 saturated carbocycles. The van der Waals surface area contributed by atoms with E-state index in [4.69, 9.17) is 5.11 Å². The molecule has 0 spiro atoms. The number of aromatic nitrogens is 2. The predicted molar refractivity (Wildman–Crippen MR) is 49.1 cm³/mol. The van der Waals surface area contributed by atoms with Gasteiger partial charge < -0.3 is 10.4 Å². The number of rotatable bonds is 4. The molecule has 2 N–H and O–H groups in total. The third-order valence-electron chi connectivity index (χ3n) is 1.60. The minimum atomic E-state index is -1.05. The fourth-order valence-corrected chi connectivity index (χ4v) is 1.27. The van der Waals surface area contributed by atoms with Crippen LogP contribution in [-0.4, -0.2) is 32.6 Å². The molecule has 0 aromatic carbocycles. The lowest BCUT2D eigenvalue weighted by Crippen LogP contribution is -2.40. The summed E-state index contributed by atoms with van der Waals surface area (Å²) in [6, 6.07) is -0.871. The van der Waals surface area contributed by atoms with Gasteiger partial charge in [-0.15, -0.1) is 5.10 Å². The molecule has 0 aliphatic rings. The summed E-state index contributed by atoms with van der Waals surface area (Å²) in [5.74, 6) is -1.56. The minimum Gasteiger partial charge on any atom is -0.480 e. The van der Waals surface area contributed by atoms with Crippen LogP contribution in [0.4, 0.5) is 0 Å². The molecule has 6 nitrogen and oxygen atoms in total. The summed E-state index contributed by atoms with van der Waals surface area (Å²) < 4.78 is 3.50. The maximum atomic E-state index is 11.3. The second-order valence-electron chi connectivity index (χ2n) is 2.56. The number of amides is 1. The normalized spacial score (nSPS) is 12.1. The molecule has 1 aromatic heterocycles. The van der Waals surface area contributed by atoms with Gasteiger partial charge >= 0.3 is 5.97 Å². The van der Waals surface area contributed by atoms with Crippen LogP contribution in [0.1, 0.15) is 23.8 Å². The van der Waals surface area contributed by atoms with E-state index in [0.717, 1.165) is 11.5 Å².